The van der Waals surface area contributed by atoms with Gasteiger partial charge in [-0.1, -0.05) is 12.7 Å². The smallest absolute Gasteiger partial charge is 0.284 e. The van der Waals surface area contributed by atoms with Crippen molar-refractivity contribution in [2.75, 3.05) is 28.7 Å². The molecule has 0 aliphatic carbocycles. The molecule has 98 valence electrons. The molecule has 0 radical (unpaired) electrons. The molecule has 0 aromatic carbocycles. The van der Waals surface area contributed by atoms with Crippen molar-refractivity contribution in [3.8, 4) is 0 Å². The second-order valence-electron chi connectivity index (χ2n) is 2.83. The first-order valence-electron chi connectivity index (χ1n) is 4.71. The van der Waals surface area contributed by atoms with E-state index in [0.29, 0.717) is 13.1 Å². The molecule has 0 saturated carbocycles. The predicted octanol–water partition coefficient (Wildman–Crippen LogP) is 0.740. The quantitative estimate of drug-likeness (QED) is 0.558. The number of hydrogen-bond donors (Lipinski definition) is 4. The first-order valence-corrected chi connectivity index (χ1v) is 4.71. The summed E-state index contributed by atoms with van der Waals surface area (Å²) in [5.74, 6) is -0.312. The van der Waals surface area contributed by atoms with Gasteiger partial charge in [0.2, 0.25) is 5.95 Å². The number of rotatable bonds is 5. The van der Waals surface area contributed by atoms with Crippen LogP contribution in [0.2, 0.25) is 0 Å². The lowest BCUT2D eigenvalue weighted by Crippen LogP contribution is -2.26. The zero-order valence-electron chi connectivity index (χ0n) is 8.99. The minimum absolute atomic E-state index is 0. The van der Waals surface area contributed by atoms with Crippen LogP contribution in [0.15, 0.2) is 0 Å². The Morgan fingerprint density at radius 2 is 1.59 bits per heavy atom. The molecule has 0 fully saturated rings. The fourth-order valence-electron chi connectivity index (χ4n) is 1.14. The highest BCUT2D eigenvalue weighted by atomic mass is 16.8. The summed E-state index contributed by atoms with van der Waals surface area (Å²) >= 11 is 0. The van der Waals surface area contributed by atoms with Gasteiger partial charge in [0.25, 0.3) is 11.9 Å². The lowest BCUT2D eigenvalue weighted by atomic mass is 10.5. The van der Waals surface area contributed by atoms with Crippen LogP contribution in [0.5, 0.6) is 0 Å². The minimum Gasteiger partial charge on any atom is -0.341 e. The molecule has 0 atom stereocenters. The second-order valence-corrected chi connectivity index (χ2v) is 2.83. The van der Waals surface area contributed by atoms with Crippen LogP contribution in [-0.4, -0.2) is 43.7 Å². The molecule has 4 N–H and O–H groups in total. The highest BCUT2D eigenvalue weighted by Gasteiger charge is 2.13. The van der Waals surface area contributed by atoms with Crippen LogP contribution in [0.1, 0.15) is 21.3 Å². The van der Waals surface area contributed by atoms with Gasteiger partial charge in [0.05, 0.1) is 0 Å². The lowest BCUT2D eigenvalue weighted by molar-refractivity contribution is 0.0241. The van der Waals surface area contributed by atoms with Crippen LogP contribution >= 0.6 is 0 Å². The van der Waals surface area contributed by atoms with Crippen molar-refractivity contribution >= 4 is 17.8 Å². The van der Waals surface area contributed by atoms with E-state index in [1.54, 1.807) is 10.4 Å². The van der Waals surface area contributed by atoms with Crippen molar-refractivity contribution in [2.24, 2.45) is 0 Å². The predicted molar refractivity (Wildman–Crippen MR) is 61.6 cm³/mol. The summed E-state index contributed by atoms with van der Waals surface area (Å²) in [6.07, 6.45) is 0. The topological polar surface area (TPSA) is 118 Å². The van der Waals surface area contributed by atoms with Gasteiger partial charge in [-0.25, -0.2) is 5.48 Å². The maximum atomic E-state index is 8.80. The minimum atomic E-state index is -0.381. The molecule has 1 aromatic rings. The van der Waals surface area contributed by atoms with E-state index in [-0.39, 0.29) is 30.5 Å². The van der Waals surface area contributed by atoms with E-state index in [1.165, 1.54) is 0 Å². The number of nitrogens with zero attached hydrogens (tertiary/aromatic N) is 5. The SMILES string of the molecule is C.CCN(CC)c1nc(NO)nc(N(O)O)n1. The summed E-state index contributed by atoms with van der Waals surface area (Å²) in [5.41, 5.74) is 1.73. The van der Waals surface area contributed by atoms with Gasteiger partial charge < -0.3 is 4.90 Å². The van der Waals surface area contributed by atoms with Crippen molar-refractivity contribution < 1.29 is 15.6 Å². The molecule has 0 amide bonds. The van der Waals surface area contributed by atoms with Crippen LogP contribution in [0.25, 0.3) is 0 Å². The highest BCUT2D eigenvalue weighted by Crippen LogP contribution is 2.14. The summed E-state index contributed by atoms with van der Waals surface area (Å²) in [6.45, 7) is 5.08. The average Bonchev–Trinajstić information content (AvgIpc) is 2.30. The van der Waals surface area contributed by atoms with Crippen molar-refractivity contribution in [1.82, 2.24) is 15.0 Å². The Labute approximate surface area is 99.2 Å². The molecule has 9 nitrogen and oxygen atoms in total. The molecule has 0 spiro atoms. The van der Waals surface area contributed by atoms with Gasteiger partial charge in [-0.3, -0.25) is 15.6 Å². The monoisotopic (exact) mass is 246 g/mol. The van der Waals surface area contributed by atoms with E-state index in [9.17, 15) is 0 Å². The highest BCUT2D eigenvalue weighted by molar-refractivity contribution is 5.41. The third-order valence-corrected chi connectivity index (χ3v) is 1.94. The van der Waals surface area contributed by atoms with Gasteiger partial charge in [0.15, 0.2) is 0 Å². The largest absolute Gasteiger partial charge is 0.341 e. The molecule has 0 aliphatic rings. The fraction of sp³-hybridized carbons (Fsp3) is 0.625. The third-order valence-electron chi connectivity index (χ3n) is 1.94. The van der Waals surface area contributed by atoms with E-state index in [4.69, 9.17) is 15.6 Å². The fourth-order valence-corrected chi connectivity index (χ4v) is 1.14. The molecule has 0 saturated heterocycles. The molecule has 9 heteroatoms. The number of hydrogen-bond acceptors (Lipinski definition) is 9. The van der Waals surface area contributed by atoms with Crippen molar-refractivity contribution in [1.29, 1.82) is 0 Å². The Kier molecular flexibility index (Phi) is 6.10. The van der Waals surface area contributed by atoms with E-state index in [2.05, 4.69) is 15.0 Å². The average molecular weight is 246 g/mol. The van der Waals surface area contributed by atoms with Crippen LogP contribution in [0, 0.1) is 0 Å². The van der Waals surface area contributed by atoms with Crippen LogP contribution in [-0.2, 0) is 0 Å². The van der Waals surface area contributed by atoms with Crippen molar-refractivity contribution in [3.63, 3.8) is 0 Å². The molecule has 0 aliphatic heterocycles. The van der Waals surface area contributed by atoms with Gasteiger partial charge in [-0.15, -0.1) is 0 Å². The van der Waals surface area contributed by atoms with E-state index in [1.807, 2.05) is 13.8 Å². The van der Waals surface area contributed by atoms with Gasteiger partial charge in [-0.05, 0) is 13.8 Å². The Morgan fingerprint density at radius 1 is 1.06 bits per heavy atom. The zero-order chi connectivity index (χ0) is 12.1. The number of nitrogens with one attached hydrogen (secondary N) is 1. The normalized spacial score (nSPS) is 9.47. The Morgan fingerprint density at radius 3 is 2.00 bits per heavy atom. The Bertz CT molecular complexity index is 344. The molecule has 0 unspecified atom stereocenters. The molecule has 1 rings (SSSR count). The zero-order valence-corrected chi connectivity index (χ0v) is 8.99. The number of anilines is 3. The second kappa shape index (κ2) is 6.78. The molecule has 1 aromatic heterocycles. The van der Waals surface area contributed by atoms with Gasteiger partial charge in [-0.2, -0.15) is 15.0 Å². The molecular weight excluding hydrogens is 228 g/mol. The Balaban J connectivity index is 0.00000256. The summed E-state index contributed by atoms with van der Waals surface area (Å²) in [5, 5.41) is 26.1. The molecule has 1 heterocycles. The van der Waals surface area contributed by atoms with Crippen LogP contribution in [0.3, 0.4) is 0 Å². The first-order chi connectivity index (χ1) is 7.62. The van der Waals surface area contributed by atoms with Crippen molar-refractivity contribution in [2.45, 2.75) is 21.3 Å². The maximum Gasteiger partial charge on any atom is 0.284 e. The van der Waals surface area contributed by atoms with Crippen LogP contribution < -0.4 is 15.6 Å². The summed E-state index contributed by atoms with van der Waals surface area (Å²) in [6, 6.07) is 0. The molecule has 0 bridgehead atoms. The Hall–Kier alpha value is -1.71. The first kappa shape index (κ1) is 15.3. The lowest BCUT2D eigenvalue weighted by Gasteiger charge is -2.19. The summed E-state index contributed by atoms with van der Waals surface area (Å²) < 4.78 is 0. The van der Waals surface area contributed by atoms with Crippen molar-refractivity contribution in [3.05, 3.63) is 0 Å². The van der Waals surface area contributed by atoms with Gasteiger partial charge in [0.1, 0.15) is 0 Å². The standard InChI is InChI=1S/C7H14N6O3.CH4/c1-3-12(4-2)6-8-5(11-14)9-7(10-6)13(15)16;/h14-16H,3-4H2,1-2H3,(H,8,9,10,11);1H4. The third kappa shape index (κ3) is 3.66. The molecular formula is C8H18N6O3. The summed E-state index contributed by atoms with van der Waals surface area (Å²) in [7, 11) is 0. The van der Waals surface area contributed by atoms with E-state index >= 15 is 0 Å². The maximum absolute atomic E-state index is 8.80. The number of aromatic nitrogens is 3. The van der Waals surface area contributed by atoms with Gasteiger partial charge in [0, 0.05) is 13.1 Å². The summed E-state index contributed by atoms with van der Waals surface area (Å²) in [4.78, 5) is 12.9. The van der Waals surface area contributed by atoms with E-state index < -0.39 is 0 Å². The molecule has 17 heavy (non-hydrogen) atoms. The van der Waals surface area contributed by atoms with Crippen LogP contribution in [0.4, 0.5) is 17.8 Å². The van der Waals surface area contributed by atoms with Gasteiger partial charge >= 0.3 is 0 Å². The van der Waals surface area contributed by atoms with E-state index in [0.717, 1.165) is 0 Å².